The van der Waals surface area contributed by atoms with Crippen molar-refractivity contribution >= 4 is 29.3 Å². The molecule has 0 spiro atoms. The maximum Gasteiger partial charge on any atom is 0.260 e. The number of hydrogen-bond acceptors (Lipinski definition) is 3. The highest BCUT2D eigenvalue weighted by atomic mass is 35.5. The van der Waals surface area contributed by atoms with Gasteiger partial charge in [0, 0.05) is 30.1 Å². The van der Waals surface area contributed by atoms with Crippen molar-refractivity contribution in [3.8, 4) is 0 Å². The van der Waals surface area contributed by atoms with Gasteiger partial charge in [0.2, 0.25) is 11.8 Å². The molecular weight excluding hydrogens is 352 g/mol. The molecule has 0 bridgehead atoms. The number of fused-ring (bicyclic) bond motifs is 1. The smallest absolute Gasteiger partial charge is 0.260 e. The predicted octanol–water partition coefficient (Wildman–Crippen LogP) is 2.61. The van der Waals surface area contributed by atoms with Crippen LogP contribution in [-0.2, 0) is 22.4 Å². The van der Waals surface area contributed by atoms with E-state index in [1.54, 1.807) is 18.2 Å². The van der Waals surface area contributed by atoms with Gasteiger partial charge in [-0.1, -0.05) is 41.9 Å². The van der Waals surface area contributed by atoms with Gasteiger partial charge in [-0.2, -0.15) is 0 Å². The van der Waals surface area contributed by atoms with Crippen molar-refractivity contribution in [1.29, 1.82) is 0 Å². The number of benzene rings is 2. The van der Waals surface area contributed by atoms with Crippen molar-refractivity contribution in [2.75, 3.05) is 13.1 Å². The van der Waals surface area contributed by atoms with Gasteiger partial charge in [-0.05, 0) is 35.7 Å². The van der Waals surface area contributed by atoms with E-state index >= 15 is 0 Å². The molecule has 6 heteroatoms. The molecule has 1 aliphatic rings. The Balaban J connectivity index is 1.47. The van der Waals surface area contributed by atoms with E-state index in [4.69, 9.17) is 11.6 Å². The van der Waals surface area contributed by atoms with Gasteiger partial charge in [0.05, 0.1) is 6.42 Å². The molecule has 3 amide bonds. The van der Waals surface area contributed by atoms with E-state index in [1.807, 2.05) is 30.3 Å². The molecular formula is C20H19ClN2O3. The van der Waals surface area contributed by atoms with Gasteiger partial charge in [-0.25, -0.2) is 0 Å². The lowest BCUT2D eigenvalue weighted by Gasteiger charge is -2.26. The van der Waals surface area contributed by atoms with Crippen LogP contribution in [0.3, 0.4) is 0 Å². The number of hydrogen-bond donors (Lipinski definition) is 1. The maximum atomic E-state index is 12.4. The number of amides is 3. The van der Waals surface area contributed by atoms with Crippen molar-refractivity contribution in [1.82, 2.24) is 10.2 Å². The number of nitrogens with one attached hydrogen (secondary N) is 1. The standard InChI is InChI=1S/C20H19ClN2O3/c21-16-7-5-14(6-8-16)9-11-22-18(24)10-12-23-19(25)13-15-3-1-2-4-17(15)20(23)26/h1-8H,9-13H2,(H,22,24). The molecule has 0 aliphatic carbocycles. The first-order valence-corrected chi connectivity index (χ1v) is 8.86. The molecule has 3 rings (SSSR count). The van der Waals surface area contributed by atoms with Crippen molar-refractivity contribution in [3.63, 3.8) is 0 Å². The molecule has 0 saturated carbocycles. The average molecular weight is 371 g/mol. The van der Waals surface area contributed by atoms with Crippen LogP contribution >= 0.6 is 11.6 Å². The van der Waals surface area contributed by atoms with Crippen LogP contribution in [-0.4, -0.2) is 35.7 Å². The molecule has 0 unspecified atom stereocenters. The van der Waals surface area contributed by atoms with E-state index in [0.717, 1.165) is 11.1 Å². The summed E-state index contributed by atoms with van der Waals surface area (Å²) < 4.78 is 0. The van der Waals surface area contributed by atoms with E-state index in [2.05, 4.69) is 5.32 Å². The van der Waals surface area contributed by atoms with E-state index < -0.39 is 0 Å². The summed E-state index contributed by atoms with van der Waals surface area (Å²) in [5.74, 6) is -0.771. The summed E-state index contributed by atoms with van der Waals surface area (Å²) in [5, 5.41) is 3.49. The second-order valence-corrected chi connectivity index (χ2v) is 6.60. The second kappa shape index (κ2) is 8.15. The summed E-state index contributed by atoms with van der Waals surface area (Å²) >= 11 is 5.84. The first-order valence-electron chi connectivity index (χ1n) is 8.48. The fourth-order valence-electron chi connectivity index (χ4n) is 2.93. The molecule has 2 aromatic carbocycles. The molecule has 0 atom stereocenters. The zero-order valence-corrected chi connectivity index (χ0v) is 15.0. The maximum absolute atomic E-state index is 12.4. The Morgan fingerprint density at radius 1 is 1.08 bits per heavy atom. The molecule has 0 aromatic heterocycles. The fourth-order valence-corrected chi connectivity index (χ4v) is 3.05. The van der Waals surface area contributed by atoms with Gasteiger partial charge < -0.3 is 5.32 Å². The molecule has 1 aliphatic heterocycles. The average Bonchev–Trinajstić information content (AvgIpc) is 2.63. The Kier molecular flexibility index (Phi) is 5.68. The number of carbonyl (C=O) groups is 3. The zero-order chi connectivity index (χ0) is 18.5. The number of rotatable bonds is 6. The predicted molar refractivity (Wildman–Crippen MR) is 99.0 cm³/mol. The Morgan fingerprint density at radius 2 is 1.81 bits per heavy atom. The third-order valence-corrected chi connectivity index (χ3v) is 4.60. The number of halogens is 1. The van der Waals surface area contributed by atoms with Gasteiger partial charge >= 0.3 is 0 Å². The van der Waals surface area contributed by atoms with Crippen LogP contribution in [0.15, 0.2) is 48.5 Å². The summed E-state index contributed by atoms with van der Waals surface area (Å²) in [6, 6.07) is 14.5. The minimum absolute atomic E-state index is 0.0960. The molecule has 26 heavy (non-hydrogen) atoms. The lowest BCUT2D eigenvalue weighted by Crippen LogP contribution is -2.44. The van der Waals surface area contributed by atoms with E-state index in [-0.39, 0.29) is 37.1 Å². The largest absolute Gasteiger partial charge is 0.356 e. The van der Waals surface area contributed by atoms with Crippen LogP contribution < -0.4 is 5.32 Å². The highest BCUT2D eigenvalue weighted by Crippen LogP contribution is 2.19. The third-order valence-electron chi connectivity index (χ3n) is 4.35. The Morgan fingerprint density at radius 3 is 2.58 bits per heavy atom. The van der Waals surface area contributed by atoms with Crippen molar-refractivity contribution in [3.05, 3.63) is 70.2 Å². The Labute approximate surface area is 156 Å². The zero-order valence-electron chi connectivity index (χ0n) is 14.2. The van der Waals surface area contributed by atoms with Gasteiger partial charge in [0.25, 0.3) is 5.91 Å². The topological polar surface area (TPSA) is 66.5 Å². The third kappa shape index (κ3) is 4.29. The molecule has 0 saturated heterocycles. The van der Waals surface area contributed by atoms with Gasteiger partial charge in [-0.3, -0.25) is 19.3 Å². The molecule has 0 radical (unpaired) electrons. The van der Waals surface area contributed by atoms with Crippen molar-refractivity contribution in [2.45, 2.75) is 19.3 Å². The molecule has 5 nitrogen and oxygen atoms in total. The quantitative estimate of drug-likeness (QED) is 0.795. The van der Waals surface area contributed by atoms with E-state index in [0.29, 0.717) is 23.6 Å². The molecule has 134 valence electrons. The van der Waals surface area contributed by atoms with Gasteiger partial charge in [0.15, 0.2) is 0 Å². The normalized spacial score (nSPS) is 13.5. The first kappa shape index (κ1) is 18.1. The Bertz CT molecular complexity index is 833. The van der Waals surface area contributed by atoms with Crippen LogP contribution in [0.1, 0.15) is 27.9 Å². The number of carbonyl (C=O) groups excluding carboxylic acids is 3. The minimum Gasteiger partial charge on any atom is -0.356 e. The summed E-state index contributed by atoms with van der Waals surface area (Å²) in [6.45, 7) is 0.587. The lowest BCUT2D eigenvalue weighted by atomic mass is 9.98. The van der Waals surface area contributed by atoms with Crippen LogP contribution in [0.4, 0.5) is 0 Å². The van der Waals surface area contributed by atoms with Crippen molar-refractivity contribution in [2.24, 2.45) is 0 Å². The Hall–Kier alpha value is -2.66. The summed E-state index contributed by atoms with van der Waals surface area (Å²) in [4.78, 5) is 37.8. The van der Waals surface area contributed by atoms with E-state index in [9.17, 15) is 14.4 Å². The van der Waals surface area contributed by atoms with Gasteiger partial charge in [0.1, 0.15) is 0 Å². The lowest BCUT2D eigenvalue weighted by molar-refractivity contribution is -0.129. The number of nitrogens with zero attached hydrogens (tertiary/aromatic N) is 1. The molecule has 1 heterocycles. The second-order valence-electron chi connectivity index (χ2n) is 6.16. The monoisotopic (exact) mass is 370 g/mol. The molecule has 1 N–H and O–H groups in total. The summed E-state index contributed by atoms with van der Waals surface area (Å²) in [6.07, 6.45) is 0.984. The van der Waals surface area contributed by atoms with Crippen LogP contribution in [0.5, 0.6) is 0 Å². The van der Waals surface area contributed by atoms with Crippen LogP contribution in [0, 0.1) is 0 Å². The summed E-state index contributed by atoms with van der Waals surface area (Å²) in [7, 11) is 0. The summed E-state index contributed by atoms with van der Waals surface area (Å²) in [5.41, 5.74) is 2.36. The fraction of sp³-hybridized carbons (Fsp3) is 0.250. The SMILES string of the molecule is O=C(CCN1C(=O)Cc2ccccc2C1=O)NCCc1ccc(Cl)cc1. The van der Waals surface area contributed by atoms with Gasteiger partial charge in [-0.15, -0.1) is 0 Å². The molecule has 0 fully saturated rings. The van der Waals surface area contributed by atoms with Crippen LogP contribution in [0.25, 0.3) is 0 Å². The number of imide groups is 1. The van der Waals surface area contributed by atoms with E-state index in [1.165, 1.54) is 4.90 Å². The van der Waals surface area contributed by atoms with Crippen molar-refractivity contribution < 1.29 is 14.4 Å². The first-order chi connectivity index (χ1) is 12.5. The minimum atomic E-state index is -0.328. The highest BCUT2D eigenvalue weighted by Gasteiger charge is 2.30. The van der Waals surface area contributed by atoms with Crippen LogP contribution in [0.2, 0.25) is 5.02 Å². The molecule has 2 aromatic rings. The highest BCUT2D eigenvalue weighted by molar-refractivity contribution is 6.30.